The average molecular weight is 475 g/mol. The van der Waals surface area contributed by atoms with Crippen LogP contribution < -0.4 is 5.73 Å². The molecule has 0 unspecified atom stereocenters. The Morgan fingerprint density at radius 3 is 2.54 bits per heavy atom. The molecule has 0 atom stereocenters. The van der Waals surface area contributed by atoms with E-state index in [1.165, 1.54) is 12.5 Å². The summed E-state index contributed by atoms with van der Waals surface area (Å²) in [4.78, 5) is 12.5. The second-order valence-corrected chi connectivity index (χ2v) is 8.85. The number of aromatic amines is 1. The van der Waals surface area contributed by atoms with E-state index in [0.29, 0.717) is 23.6 Å². The molecule has 2 aliphatic rings. The number of aromatic nitrogens is 2. The summed E-state index contributed by atoms with van der Waals surface area (Å²) in [5.74, 6) is 1.30. The minimum Gasteiger partial charge on any atom is -0.398 e. The van der Waals surface area contributed by atoms with Crippen molar-refractivity contribution >= 4 is 11.4 Å². The molecule has 1 saturated heterocycles. The molecule has 5 rings (SSSR count). The molecule has 0 saturated carbocycles. The van der Waals surface area contributed by atoms with Crippen molar-refractivity contribution in [2.24, 2.45) is 0 Å². The van der Waals surface area contributed by atoms with Crippen molar-refractivity contribution in [2.75, 3.05) is 18.8 Å². The van der Waals surface area contributed by atoms with Crippen molar-refractivity contribution < 1.29 is 4.39 Å². The Labute approximate surface area is 207 Å². The fourth-order valence-electron chi connectivity index (χ4n) is 4.60. The zero-order valence-electron chi connectivity index (χ0n) is 20.9. The third kappa shape index (κ3) is 4.81. The van der Waals surface area contributed by atoms with E-state index in [0.717, 1.165) is 66.4 Å². The van der Waals surface area contributed by atoms with Crippen LogP contribution in [0.5, 0.6) is 0 Å². The van der Waals surface area contributed by atoms with E-state index in [9.17, 15) is 4.39 Å². The molecule has 0 spiro atoms. The van der Waals surface area contributed by atoms with Crippen molar-refractivity contribution in [3.63, 3.8) is 0 Å². The van der Waals surface area contributed by atoms with Gasteiger partial charge in [-0.15, -0.1) is 0 Å². The Morgan fingerprint density at radius 1 is 1.14 bits per heavy atom. The molecule has 4 N–H and O–H groups in total. The molecule has 1 aromatic heterocycles. The number of nitrogens with one attached hydrogen (secondary N) is 2. The number of fused-ring (bicyclic) bond motifs is 1. The van der Waals surface area contributed by atoms with Crippen LogP contribution in [0.15, 0.2) is 48.8 Å². The number of anilines is 1. The van der Waals surface area contributed by atoms with Crippen LogP contribution in [0.2, 0.25) is 0 Å². The van der Waals surface area contributed by atoms with Crippen molar-refractivity contribution in [2.45, 2.75) is 53.1 Å². The summed E-state index contributed by atoms with van der Waals surface area (Å²) in [6.07, 6.45) is 3.06. The Balaban J connectivity index is 0.00000141. The lowest BCUT2D eigenvalue weighted by Gasteiger charge is -2.38. The second kappa shape index (κ2) is 10.3. The van der Waals surface area contributed by atoms with Gasteiger partial charge in [0.05, 0.1) is 30.3 Å². The lowest BCUT2D eigenvalue weighted by Crippen LogP contribution is -2.41. The standard InChI is InChI=1S/C26H29FN6.C2H6/c1-3-5-17-6-8-19(27)13-21(17)18-7-9-20(22(28)12-18)25(29)26-30-23-14-33(15-24(23)31-26)16(2)32-10-4-11-32;1-2/h6-9,12-13,29H,2-5,10-11,14-15,28H2,1H3,(H,30,31);1-2H3. The number of hydrogen-bond donors (Lipinski definition) is 3. The van der Waals surface area contributed by atoms with Crippen LogP contribution in [-0.4, -0.2) is 38.6 Å². The lowest BCUT2D eigenvalue weighted by molar-refractivity contribution is 0.152. The molecule has 0 radical (unpaired) electrons. The van der Waals surface area contributed by atoms with Crippen LogP contribution in [-0.2, 0) is 19.5 Å². The van der Waals surface area contributed by atoms with E-state index < -0.39 is 0 Å². The van der Waals surface area contributed by atoms with E-state index in [2.05, 4.69) is 33.3 Å². The Morgan fingerprint density at radius 2 is 1.91 bits per heavy atom. The third-order valence-corrected chi connectivity index (χ3v) is 6.60. The lowest BCUT2D eigenvalue weighted by atomic mass is 9.94. The van der Waals surface area contributed by atoms with E-state index in [-0.39, 0.29) is 11.5 Å². The van der Waals surface area contributed by atoms with Crippen LogP contribution in [0.1, 0.15) is 62.0 Å². The van der Waals surface area contributed by atoms with Crippen molar-refractivity contribution in [1.82, 2.24) is 19.8 Å². The summed E-state index contributed by atoms with van der Waals surface area (Å²) < 4.78 is 13.9. The minimum absolute atomic E-state index is 0.259. The fourth-order valence-corrected chi connectivity index (χ4v) is 4.60. The van der Waals surface area contributed by atoms with E-state index >= 15 is 0 Å². The van der Waals surface area contributed by atoms with Crippen LogP contribution in [0.25, 0.3) is 11.1 Å². The molecule has 3 heterocycles. The first kappa shape index (κ1) is 24.5. The van der Waals surface area contributed by atoms with Crippen LogP contribution in [0.3, 0.4) is 0 Å². The van der Waals surface area contributed by atoms with Crippen molar-refractivity contribution in [1.29, 1.82) is 5.41 Å². The summed E-state index contributed by atoms with van der Waals surface area (Å²) in [5, 5.41) is 8.71. The number of nitrogen functional groups attached to an aromatic ring is 1. The first-order chi connectivity index (χ1) is 16.9. The highest BCUT2D eigenvalue weighted by atomic mass is 19.1. The zero-order chi connectivity index (χ0) is 25.1. The summed E-state index contributed by atoms with van der Waals surface area (Å²) in [5.41, 5.74) is 12.5. The zero-order valence-corrected chi connectivity index (χ0v) is 20.9. The normalized spacial score (nSPS) is 14.2. The van der Waals surface area contributed by atoms with E-state index in [4.69, 9.17) is 11.1 Å². The number of halogens is 1. The summed E-state index contributed by atoms with van der Waals surface area (Å²) in [6, 6.07) is 10.5. The van der Waals surface area contributed by atoms with Gasteiger partial charge in [-0.2, -0.15) is 0 Å². The molecule has 1 fully saturated rings. The molecule has 0 bridgehead atoms. The first-order valence-electron chi connectivity index (χ1n) is 12.5. The van der Waals surface area contributed by atoms with Gasteiger partial charge in [0.1, 0.15) is 11.5 Å². The minimum atomic E-state index is -0.267. The highest BCUT2D eigenvalue weighted by Crippen LogP contribution is 2.31. The molecule has 184 valence electrons. The number of nitrogens with zero attached hydrogens (tertiary/aromatic N) is 3. The monoisotopic (exact) mass is 474 g/mol. The largest absolute Gasteiger partial charge is 0.398 e. The number of likely N-dealkylation sites (tertiary alicyclic amines) is 1. The van der Waals surface area contributed by atoms with Gasteiger partial charge in [0.15, 0.2) is 5.82 Å². The predicted molar refractivity (Wildman–Crippen MR) is 141 cm³/mol. The van der Waals surface area contributed by atoms with Gasteiger partial charge in [-0.3, -0.25) is 5.41 Å². The van der Waals surface area contributed by atoms with Gasteiger partial charge in [0, 0.05) is 24.3 Å². The Kier molecular flexibility index (Phi) is 7.24. The van der Waals surface area contributed by atoms with Gasteiger partial charge in [-0.25, -0.2) is 9.37 Å². The summed E-state index contributed by atoms with van der Waals surface area (Å²) in [7, 11) is 0. The van der Waals surface area contributed by atoms with Gasteiger partial charge in [0.2, 0.25) is 0 Å². The smallest absolute Gasteiger partial charge is 0.156 e. The highest BCUT2D eigenvalue weighted by Gasteiger charge is 2.29. The van der Waals surface area contributed by atoms with Gasteiger partial charge >= 0.3 is 0 Å². The molecular weight excluding hydrogens is 439 g/mol. The van der Waals surface area contributed by atoms with Gasteiger partial charge in [0.25, 0.3) is 0 Å². The topological polar surface area (TPSA) is 85.0 Å². The third-order valence-electron chi connectivity index (χ3n) is 6.60. The molecule has 3 aromatic rings. The maximum atomic E-state index is 13.9. The number of H-pyrrole nitrogens is 1. The maximum absolute atomic E-state index is 13.9. The number of aryl methyl sites for hydroxylation is 1. The quantitative estimate of drug-likeness (QED) is 0.304. The Bertz CT molecular complexity index is 1220. The van der Waals surface area contributed by atoms with E-state index in [1.54, 1.807) is 6.07 Å². The SMILES string of the molecule is C=C(N1CCC1)N1Cc2nc(C(=N)c3ccc(-c4cc(F)ccc4CCC)cc3N)[nH]c2C1.CC. The summed E-state index contributed by atoms with van der Waals surface area (Å²) >= 11 is 0. The average Bonchev–Trinajstić information content (AvgIpc) is 3.40. The molecule has 2 aromatic carbocycles. The number of imidazole rings is 1. The van der Waals surface area contributed by atoms with Crippen molar-refractivity contribution in [3.8, 4) is 11.1 Å². The second-order valence-electron chi connectivity index (χ2n) is 8.85. The predicted octanol–water partition coefficient (Wildman–Crippen LogP) is 5.69. The maximum Gasteiger partial charge on any atom is 0.156 e. The van der Waals surface area contributed by atoms with Crippen molar-refractivity contribution in [3.05, 3.63) is 83.0 Å². The number of hydrogen-bond acceptors (Lipinski definition) is 5. The highest BCUT2D eigenvalue weighted by molar-refractivity contribution is 6.12. The molecule has 6 nitrogen and oxygen atoms in total. The van der Waals surface area contributed by atoms with Gasteiger partial charge in [-0.05, 0) is 47.7 Å². The van der Waals surface area contributed by atoms with Crippen LogP contribution in [0, 0.1) is 11.2 Å². The molecular formula is C28H35FN6. The molecule has 35 heavy (non-hydrogen) atoms. The van der Waals surface area contributed by atoms with Gasteiger partial charge in [-0.1, -0.05) is 52.0 Å². The van der Waals surface area contributed by atoms with Gasteiger partial charge < -0.3 is 20.5 Å². The van der Waals surface area contributed by atoms with Crippen LogP contribution >= 0.6 is 0 Å². The fraction of sp³-hybridized carbons (Fsp3) is 0.357. The molecule has 0 aliphatic carbocycles. The summed E-state index contributed by atoms with van der Waals surface area (Å²) in [6.45, 7) is 13.9. The molecule has 0 amide bonds. The Hall–Kier alpha value is -3.61. The number of benzene rings is 2. The molecule has 7 heteroatoms. The van der Waals surface area contributed by atoms with E-state index in [1.807, 2.05) is 38.1 Å². The number of nitrogens with two attached hydrogens (primary N) is 1. The first-order valence-corrected chi connectivity index (χ1v) is 12.5. The molecule has 2 aliphatic heterocycles. The number of rotatable bonds is 7. The van der Waals surface area contributed by atoms with Crippen LogP contribution in [0.4, 0.5) is 10.1 Å².